The van der Waals surface area contributed by atoms with Crippen molar-refractivity contribution in [3.05, 3.63) is 0 Å². The van der Waals surface area contributed by atoms with Gasteiger partial charge >= 0.3 is 11.9 Å². The minimum absolute atomic E-state index is 0.0790. The fourth-order valence-corrected chi connectivity index (χ4v) is 8.84. The lowest BCUT2D eigenvalue weighted by atomic mass is 9.98. The molecule has 12 N–H and O–H groups in total. The van der Waals surface area contributed by atoms with Crippen LogP contribution in [0.3, 0.4) is 0 Å². The SMILES string of the molecule is CC(C)[C@H](NC(=O)[C@@H](NC(=O)[C@@H]1CCCN1C(=O)[C@@H](NC(=O)[C@@H]1CCCN1C(=O)[C@H](CCC(=O)O)NC(=O)[C@H](C)NC(=O)[C@H](C)NC(=O)[C@@H]1CCCN1)C(C)C)C(C)C)C(=O)N[C@@H](CCCCN)C(=O)O. The summed E-state index contributed by atoms with van der Waals surface area (Å²) in [5.74, 6) is -9.79. The molecule has 0 aromatic heterocycles. The molecule has 3 rings (SSSR count). The molecule has 3 aliphatic heterocycles. The Morgan fingerprint density at radius 3 is 1.54 bits per heavy atom. The number of rotatable bonds is 27. The second-order valence-electron chi connectivity index (χ2n) is 19.9. The maximum Gasteiger partial charge on any atom is 0.326 e. The van der Waals surface area contributed by atoms with Crippen molar-refractivity contribution in [3.8, 4) is 0 Å². The summed E-state index contributed by atoms with van der Waals surface area (Å²) in [6, 6.07) is -10.9. The number of nitrogens with zero attached hydrogens (tertiary/aromatic N) is 2. The average molecular weight is 1010 g/mol. The lowest BCUT2D eigenvalue weighted by molar-refractivity contribution is -0.145. The van der Waals surface area contributed by atoms with Crippen molar-refractivity contribution in [2.24, 2.45) is 23.5 Å². The highest BCUT2D eigenvalue weighted by atomic mass is 16.4. The van der Waals surface area contributed by atoms with E-state index in [1.54, 1.807) is 41.5 Å². The van der Waals surface area contributed by atoms with E-state index >= 15 is 0 Å². The van der Waals surface area contributed by atoms with E-state index in [0.717, 1.165) is 6.42 Å². The molecule has 24 nitrogen and oxygen atoms in total. The van der Waals surface area contributed by atoms with E-state index in [1.807, 2.05) is 0 Å². The highest BCUT2D eigenvalue weighted by molar-refractivity contribution is 5.99. The Bertz CT molecular complexity index is 1930. The zero-order valence-electron chi connectivity index (χ0n) is 42.5. The van der Waals surface area contributed by atoms with Crippen molar-refractivity contribution in [2.45, 2.75) is 186 Å². The van der Waals surface area contributed by atoms with Crippen molar-refractivity contribution in [1.82, 2.24) is 52.3 Å². The van der Waals surface area contributed by atoms with Gasteiger partial charge in [-0.2, -0.15) is 0 Å². The number of hydrogen-bond donors (Lipinski definition) is 11. The van der Waals surface area contributed by atoms with Crippen LogP contribution >= 0.6 is 0 Å². The summed E-state index contributed by atoms with van der Waals surface area (Å²) in [6.45, 7) is 14.2. The predicted molar refractivity (Wildman–Crippen MR) is 257 cm³/mol. The monoisotopic (exact) mass is 1010 g/mol. The number of carbonyl (C=O) groups excluding carboxylic acids is 9. The second kappa shape index (κ2) is 28.2. The molecule has 3 fully saturated rings. The molecule has 0 radical (unpaired) electrons. The number of carboxylic acid groups (broad SMARTS) is 2. The molecule has 3 saturated heterocycles. The molecule has 0 aromatic rings. The zero-order chi connectivity index (χ0) is 53.3. The summed E-state index contributed by atoms with van der Waals surface area (Å²) in [5, 5.41) is 40.6. The van der Waals surface area contributed by atoms with Gasteiger partial charge in [0, 0.05) is 19.5 Å². The number of carbonyl (C=O) groups is 11. The molecule has 9 amide bonds. The normalized spacial score (nSPS) is 20.8. The molecule has 0 aromatic carbocycles. The number of nitrogens with two attached hydrogens (primary N) is 1. The number of likely N-dealkylation sites (tertiary alicyclic amines) is 2. The largest absolute Gasteiger partial charge is 0.481 e. The first-order valence-electron chi connectivity index (χ1n) is 25.0. The lowest BCUT2D eigenvalue weighted by Gasteiger charge is -2.34. The topological polar surface area (TPSA) is 357 Å². The predicted octanol–water partition coefficient (Wildman–Crippen LogP) is -1.80. The van der Waals surface area contributed by atoms with E-state index in [9.17, 15) is 63.0 Å². The van der Waals surface area contributed by atoms with Crippen LogP contribution < -0.4 is 48.3 Å². The molecular formula is C47H79N11O13. The summed E-state index contributed by atoms with van der Waals surface area (Å²) >= 11 is 0. The molecule has 0 spiro atoms. The number of aliphatic carboxylic acids is 2. The fourth-order valence-electron chi connectivity index (χ4n) is 8.84. The Balaban J connectivity index is 1.70. The highest BCUT2D eigenvalue weighted by Gasteiger charge is 2.44. The minimum Gasteiger partial charge on any atom is -0.481 e. The number of amides is 9. The van der Waals surface area contributed by atoms with Crippen molar-refractivity contribution < 1.29 is 63.0 Å². The summed E-state index contributed by atoms with van der Waals surface area (Å²) in [4.78, 5) is 148. The van der Waals surface area contributed by atoms with E-state index < -0.39 is 144 Å². The third kappa shape index (κ3) is 17.4. The Kier molecular flexibility index (Phi) is 23.6. The quantitative estimate of drug-likeness (QED) is 0.0405. The number of hydrogen-bond acceptors (Lipinski definition) is 13. The summed E-state index contributed by atoms with van der Waals surface area (Å²) in [5.41, 5.74) is 5.53. The Morgan fingerprint density at radius 2 is 1.03 bits per heavy atom. The van der Waals surface area contributed by atoms with Crippen molar-refractivity contribution in [2.75, 3.05) is 26.2 Å². The van der Waals surface area contributed by atoms with E-state index in [2.05, 4.69) is 42.5 Å². The molecule has 0 unspecified atom stereocenters. The van der Waals surface area contributed by atoms with Crippen LogP contribution in [-0.4, -0.2) is 172 Å². The first-order chi connectivity index (χ1) is 33.4. The van der Waals surface area contributed by atoms with Crippen LogP contribution in [0.2, 0.25) is 0 Å². The van der Waals surface area contributed by atoms with Crippen LogP contribution in [0.4, 0.5) is 0 Å². The first-order valence-corrected chi connectivity index (χ1v) is 25.0. The molecule has 24 heteroatoms. The number of nitrogens with one attached hydrogen (secondary N) is 8. The lowest BCUT2D eigenvalue weighted by Crippen LogP contribution is -2.61. The zero-order valence-corrected chi connectivity index (χ0v) is 42.5. The molecular weight excluding hydrogens is 927 g/mol. The Labute approximate surface area is 415 Å². The van der Waals surface area contributed by atoms with Gasteiger partial charge in [-0.15, -0.1) is 0 Å². The minimum atomic E-state index is -1.41. The molecule has 0 saturated carbocycles. The van der Waals surface area contributed by atoms with Gasteiger partial charge in [-0.1, -0.05) is 41.5 Å². The molecule has 10 atom stereocenters. The van der Waals surface area contributed by atoms with Crippen LogP contribution in [0.15, 0.2) is 0 Å². The van der Waals surface area contributed by atoms with Crippen LogP contribution in [-0.2, 0) is 52.7 Å². The maximum absolute atomic E-state index is 14.3. The highest BCUT2D eigenvalue weighted by Crippen LogP contribution is 2.24. The smallest absolute Gasteiger partial charge is 0.326 e. The fraction of sp³-hybridized carbons (Fsp3) is 0.766. The summed E-state index contributed by atoms with van der Waals surface area (Å²) in [6.07, 6.45) is 2.98. The van der Waals surface area contributed by atoms with Gasteiger partial charge in [0.25, 0.3) is 0 Å². The van der Waals surface area contributed by atoms with Gasteiger partial charge in [-0.05, 0) is 109 Å². The van der Waals surface area contributed by atoms with Crippen molar-refractivity contribution >= 4 is 65.1 Å². The van der Waals surface area contributed by atoms with Crippen LogP contribution in [0.1, 0.15) is 126 Å². The van der Waals surface area contributed by atoms with Gasteiger partial charge in [0.15, 0.2) is 0 Å². The molecule has 3 aliphatic rings. The standard InChI is InChI=1S/C47H79N11O13/c1-24(2)35(43(66)53-31(47(70)71)14-9-10-20-48)55-44(67)36(25(3)4)54-41(64)33-17-13-23-58(33)46(69)37(26(5)6)56-42(65)32-16-12-22-57(32)45(68)30(18-19-34(59)60)52-39(62)28(8)50-38(61)27(7)51-40(63)29-15-11-21-49-29/h24-33,35-37,49H,9-23,48H2,1-8H3,(H,50,61)(H,51,63)(H,52,62)(H,53,66)(H,54,64)(H,55,67)(H,56,65)(H,59,60)(H,70,71)/t27-,28-,29-,30-,31-,32-,33-,35-,36-,37-/m0/s1. The molecule has 71 heavy (non-hydrogen) atoms. The third-order valence-corrected chi connectivity index (χ3v) is 13.1. The maximum atomic E-state index is 14.3. The molecule has 400 valence electrons. The third-order valence-electron chi connectivity index (χ3n) is 13.1. The van der Waals surface area contributed by atoms with Gasteiger partial charge in [-0.3, -0.25) is 47.9 Å². The summed E-state index contributed by atoms with van der Waals surface area (Å²) < 4.78 is 0. The summed E-state index contributed by atoms with van der Waals surface area (Å²) in [7, 11) is 0. The molecule has 0 bridgehead atoms. The van der Waals surface area contributed by atoms with Crippen LogP contribution in [0.25, 0.3) is 0 Å². The van der Waals surface area contributed by atoms with Gasteiger partial charge in [0.1, 0.15) is 54.4 Å². The van der Waals surface area contributed by atoms with Gasteiger partial charge < -0.3 is 68.3 Å². The van der Waals surface area contributed by atoms with E-state index in [0.29, 0.717) is 45.2 Å². The van der Waals surface area contributed by atoms with Gasteiger partial charge in [-0.25, -0.2) is 4.79 Å². The van der Waals surface area contributed by atoms with Gasteiger partial charge in [0.05, 0.1) is 6.04 Å². The number of unbranched alkanes of at least 4 members (excludes halogenated alkanes) is 1. The Morgan fingerprint density at radius 1 is 0.535 bits per heavy atom. The van der Waals surface area contributed by atoms with Crippen LogP contribution in [0.5, 0.6) is 0 Å². The van der Waals surface area contributed by atoms with Crippen molar-refractivity contribution in [3.63, 3.8) is 0 Å². The average Bonchev–Trinajstić information content (AvgIpc) is 4.12. The Hall–Kier alpha value is -5.91. The van der Waals surface area contributed by atoms with E-state index in [4.69, 9.17) is 5.73 Å². The van der Waals surface area contributed by atoms with E-state index in [1.165, 1.54) is 23.6 Å². The van der Waals surface area contributed by atoms with Crippen molar-refractivity contribution in [1.29, 1.82) is 0 Å². The van der Waals surface area contributed by atoms with Crippen LogP contribution in [0, 0.1) is 17.8 Å². The molecule has 3 heterocycles. The second-order valence-corrected chi connectivity index (χ2v) is 19.9. The van der Waals surface area contributed by atoms with E-state index in [-0.39, 0.29) is 44.7 Å². The number of carboxylic acids is 2. The molecule has 0 aliphatic carbocycles. The first kappa shape index (κ1) is 59.4. The van der Waals surface area contributed by atoms with Gasteiger partial charge in [0.2, 0.25) is 53.2 Å².